The summed E-state index contributed by atoms with van der Waals surface area (Å²) in [6.07, 6.45) is 28.9. The Labute approximate surface area is 145 Å². The van der Waals surface area contributed by atoms with Gasteiger partial charge in [0.2, 0.25) is 0 Å². The van der Waals surface area contributed by atoms with Gasteiger partial charge in [0.15, 0.2) is 0 Å². The van der Waals surface area contributed by atoms with E-state index in [1.165, 1.54) is 70.6 Å². The first-order chi connectivity index (χ1) is 11.4. The van der Waals surface area contributed by atoms with Gasteiger partial charge in [0, 0.05) is 0 Å². The maximum Gasteiger partial charge on any atom is 0.0876 e. The van der Waals surface area contributed by atoms with Gasteiger partial charge in [-0.1, -0.05) is 102 Å². The maximum absolute atomic E-state index is 5.76. The lowest BCUT2D eigenvalue weighted by Gasteiger charge is -2.01. The van der Waals surface area contributed by atoms with Crippen molar-refractivity contribution in [2.24, 2.45) is 0 Å². The molecule has 1 nitrogen and oxygen atoms in total. The van der Waals surface area contributed by atoms with Gasteiger partial charge >= 0.3 is 0 Å². The molecule has 1 heterocycles. The third kappa shape index (κ3) is 12.5. The van der Waals surface area contributed by atoms with Crippen LogP contribution < -0.4 is 0 Å². The van der Waals surface area contributed by atoms with E-state index in [0.717, 1.165) is 19.3 Å². The first-order valence-electron chi connectivity index (χ1n) is 10.3. The number of hydrogen-bond donors (Lipinski definition) is 0. The third-order valence-corrected chi connectivity index (χ3v) is 4.74. The molecule has 0 N–H and O–H groups in total. The standard InChI is InChI=1S/C22H40O/c1-3-5-7-9-11-12-13-14-16-18-20-22-21(23-22)19-17-15-10-8-6-4-2/h6,8,15,17,21-22H,3-5,7,9-14,16,18-20H2,1-2H3/b8-6-,17-15-/t21-,22-/m1/s1. The zero-order chi connectivity index (χ0) is 16.6. The third-order valence-electron chi connectivity index (χ3n) is 4.74. The number of allylic oxidation sites excluding steroid dienone is 3. The van der Waals surface area contributed by atoms with E-state index in [4.69, 9.17) is 4.74 Å². The van der Waals surface area contributed by atoms with E-state index in [1.54, 1.807) is 0 Å². The number of unbranched alkanes of at least 4 members (excludes halogenated alkanes) is 9. The van der Waals surface area contributed by atoms with Crippen LogP contribution in [0.4, 0.5) is 0 Å². The molecular weight excluding hydrogens is 280 g/mol. The van der Waals surface area contributed by atoms with Gasteiger partial charge in [0.1, 0.15) is 0 Å². The van der Waals surface area contributed by atoms with Crippen LogP contribution in [-0.2, 0) is 4.74 Å². The maximum atomic E-state index is 5.76. The first-order valence-corrected chi connectivity index (χ1v) is 10.3. The van der Waals surface area contributed by atoms with Gasteiger partial charge in [-0.15, -0.1) is 0 Å². The van der Waals surface area contributed by atoms with Crippen molar-refractivity contribution in [3.05, 3.63) is 24.3 Å². The molecule has 134 valence electrons. The van der Waals surface area contributed by atoms with Crippen LogP contribution >= 0.6 is 0 Å². The van der Waals surface area contributed by atoms with Crippen molar-refractivity contribution in [2.75, 3.05) is 0 Å². The van der Waals surface area contributed by atoms with E-state index in [2.05, 4.69) is 38.2 Å². The Morgan fingerprint density at radius 3 is 1.91 bits per heavy atom. The molecular formula is C22H40O. The Morgan fingerprint density at radius 1 is 0.652 bits per heavy atom. The molecule has 23 heavy (non-hydrogen) atoms. The van der Waals surface area contributed by atoms with E-state index in [9.17, 15) is 0 Å². The fourth-order valence-corrected chi connectivity index (χ4v) is 3.14. The molecule has 0 aromatic heterocycles. The van der Waals surface area contributed by atoms with Crippen molar-refractivity contribution in [3.63, 3.8) is 0 Å². The summed E-state index contributed by atoms with van der Waals surface area (Å²) >= 11 is 0. The molecule has 0 aliphatic carbocycles. The lowest BCUT2D eigenvalue weighted by Crippen LogP contribution is -1.93. The Balaban J connectivity index is 1.79. The fraction of sp³-hybridized carbons (Fsp3) is 0.818. The van der Waals surface area contributed by atoms with Gasteiger partial charge in [0.05, 0.1) is 12.2 Å². The van der Waals surface area contributed by atoms with Crippen molar-refractivity contribution in [1.29, 1.82) is 0 Å². The SMILES string of the molecule is CC/C=C\C/C=C\C[C@H]1O[C@@H]1CCCCCCCCCCCC. The minimum Gasteiger partial charge on any atom is -0.369 e. The summed E-state index contributed by atoms with van der Waals surface area (Å²) in [5.41, 5.74) is 0. The van der Waals surface area contributed by atoms with Gasteiger partial charge in [0.25, 0.3) is 0 Å². The summed E-state index contributed by atoms with van der Waals surface area (Å²) in [5.74, 6) is 0. The topological polar surface area (TPSA) is 12.5 Å². The Hall–Kier alpha value is -0.560. The number of hydrogen-bond acceptors (Lipinski definition) is 1. The van der Waals surface area contributed by atoms with Crippen LogP contribution in [0.25, 0.3) is 0 Å². The summed E-state index contributed by atoms with van der Waals surface area (Å²) in [7, 11) is 0. The lowest BCUT2D eigenvalue weighted by molar-refractivity contribution is 0.358. The molecule has 1 rings (SSSR count). The minimum absolute atomic E-state index is 0.528. The second-order valence-electron chi connectivity index (χ2n) is 7.01. The van der Waals surface area contributed by atoms with Crippen LogP contribution in [0.5, 0.6) is 0 Å². The van der Waals surface area contributed by atoms with Crippen LogP contribution in [0.2, 0.25) is 0 Å². The summed E-state index contributed by atoms with van der Waals surface area (Å²) < 4.78 is 5.76. The molecule has 0 radical (unpaired) electrons. The van der Waals surface area contributed by atoms with Crippen molar-refractivity contribution in [1.82, 2.24) is 0 Å². The summed E-state index contributed by atoms with van der Waals surface area (Å²) in [5, 5.41) is 0. The van der Waals surface area contributed by atoms with Crippen molar-refractivity contribution in [2.45, 2.75) is 116 Å². The predicted molar refractivity (Wildman–Crippen MR) is 103 cm³/mol. The largest absolute Gasteiger partial charge is 0.369 e. The molecule has 2 atom stereocenters. The molecule has 0 saturated carbocycles. The van der Waals surface area contributed by atoms with E-state index in [0.29, 0.717) is 12.2 Å². The molecule has 0 aromatic carbocycles. The van der Waals surface area contributed by atoms with E-state index >= 15 is 0 Å². The smallest absolute Gasteiger partial charge is 0.0876 e. The van der Waals surface area contributed by atoms with Crippen LogP contribution in [0.15, 0.2) is 24.3 Å². The van der Waals surface area contributed by atoms with E-state index < -0.39 is 0 Å². The highest BCUT2D eigenvalue weighted by molar-refractivity contribution is 4.97. The average molecular weight is 321 g/mol. The van der Waals surface area contributed by atoms with Gasteiger partial charge in [-0.25, -0.2) is 0 Å². The molecule has 0 aromatic rings. The normalized spacial score (nSPS) is 20.8. The zero-order valence-electron chi connectivity index (χ0n) is 15.8. The van der Waals surface area contributed by atoms with Crippen molar-refractivity contribution in [3.8, 4) is 0 Å². The molecule has 0 unspecified atom stereocenters. The van der Waals surface area contributed by atoms with Crippen LogP contribution in [0.1, 0.15) is 104 Å². The van der Waals surface area contributed by atoms with Gasteiger partial charge in [-0.05, 0) is 25.7 Å². The molecule has 0 spiro atoms. The molecule has 0 bridgehead atoms. The van der Waals surface area contributed by atoms with Crippen LogP contribution in [0, 0.1) is 0 Å². The highest BCUT2D eigenvalue weighted by Gasteiger charge is 2.36. The monoisotopic (exact) mass is 320 g/mol. The van der Waals surface area contributed by atoms with Gasteiger partial charge in [-0.3, -0.25) is 0 Å². The number of rotatable bonds is 16. The lowest BCUT2D eigenvalue weighted by atomic mass is 10.0. The molecule has 1 aliphatic heterocycles. The predicted octanol–water partition coefficient (Wildman–Crippen LogP) is 7.37. The average Bonchev–Trinajstić information content (AvgIpc) is 3.31. The van der Waals surface area contributed by atoms with Gasteiger partial charge < -0.3 is 4.74 Å². The quantitative estimate of drug-likeness (QED) is 0.164. The fourth-order valence-electron chi connectivity index (χ4n) is 3.14. The second kappa shape index (κ2) is 15.0. The van der Waals surface area contributed by atoms with E-state index in [-0.39, 0.29) is 0 Å². The van der Waals surface area contributed by atoms with Crippen molar-refractivity contribution >= 4 is 0 Å². The van der Waals surface area contributed by atoms with Crippen LogP contribution in [-0.4, -0.2) is 12.2 Å². The molecule has 1 saturated heterocycles. The molecule has 1 fully saturated rings. The highest BCUT2D eigenvalue weighted by Crippen LogP contribution is 2.30. The summed E-state index contributed by atoms with van der Waals surface area (Å²) in [6, 6.07) is 0. The molecule has 1 aliphatic rings. The summed E-state index contributed by atoms with van der Waals surface area (Å²) in [4.78, 5) is 0. The number of epoxide rings is 1. The summed E-state index contributed by atoms with van der Waals surface area (Å²) in [6.45, 7) is 4.46. The molecule has 0 amide bonds. The second-order valence-corrected chi connectivity index (χ2v) is 7.01. The Bertz CT molecular complexity index is 305. The highest BCUT2D eigenvalue weighted by atomic mass is 16.6. The Morgan fingerprint density at radius 2 is 1.26 bits per heavy atom. The first kappa shape index (κ1) is 20.5. The number of ether oxygens (including phenoxy) is 1. The minimum atomic E-state index is 0.528. The van der Waals surface area contributed by atoms with Crippen LogP contribution in [0.3, 0.4) is 0 Å². The Kier molecular flexibility index (Phi) is 13.4. The van der Waals surface area contributed by atoms with Gasteiger partial charge in [-0.2, -0.15) is 0 Å². The van der Waals surface area contributed by atoms with E-state index in [1.807, 2.05) is 0 Å². The van der Waals surface area contributed by atoms with Crippen molar-refractivity contribution < 1.29 is 4.74 Å². The zero-order valence-corrected chi connectivity index (χ0v) is 15.8. The molecule has 1 heteroatoms.